The van der Waals surface area contributed by atoms with Gasteiger partial charge in [0.1, 0.15) is 5.82 Å². The summed E-state index contributed by atoms with van der Waals surface area (Å²) in [7, 11) is 0. The Morgan fingerprint density at radius 3 is 3.00 bits per heavy atom. The summed E-state index contributed by atoms with van der Waals surface area (Å²) >= 11 is 9.38. The zero-order valence-electron chi connectivity index (χ0n) is 11.4. The molecule has 2 unspecified atom stereocenters. The van der Waals surface area contributed by atoms with Gasteiger partial charge in [-0.15, -0.1) is 0 Å². The van der Waals surface area contributed by atoms with Crippen molar-refractivity contribution in [3.8, 4) is 0 Å². The van der Waals surface area contributed by atoms with Gasteiger partial charge in [0.2, 0.25) is 0 Å². The summed E-state index contributed by atoms with van der Waals surface area (Å²) in [4.78, 5) is 12.4. The number of carbonyl (C=O) groups excluding carboxylic acids is 1. The van der Waals surface area contributed by atoms with E-state index in [0.717, 1.165) is 19.3 Å². The Balaban J connectivity index is 2.19. The highest BCUT2D eigenvalue weighted by molar-refractivity contribution is 9.09. The third kappa shape index (κ3) is 3.34. The Morgan fingerprint density at radius 2 is 2.35 bits per heavy atom. The van der Waals surface area contributed by atoms with E-state index < -0.39 is 5.82 Å². The van der Waals surface area contributed by atoms with Crippen molar-refractivity contribution >= 4 is 33.4 Å². The van der Waals surface area contributed by atoms with E-state index in [1.165, 1.54) is 18.6 Å². The van der Waals surface area contributed by atoms with E-state index in [2.05, 4.69) is 28.2 Å². The van der Waals surface area contributed by atoms with E-state index in [4.69, 9.17) is 11.6 Å². The molecule has 110 valence electrons. The predicted molar refractivity (Wildman–Crippen MR) is 83.0 cm³/mol. The average Bonchev–Trinajstić information content (AvgIpc) is 2.41. The van der Waals surface area contributed by atoms with Crippen molar-refractivity contribution in [3.05, 3.63) is 34.6 Å². The zero-order valence-corrected chi connectivity index (χ0v) is 13.7. The molecule has 0 bridgehead atoms. The molecule has 1 fully saturated rings. The molecule has 0 spiro atoms. The van der Waals surface area contributed by atoms with Gasteiger partial charge in [0.15, 0.2) is 0 Å². The minimum Gasteiger partial charge on any atom is -0.346 e. The highest BCUT2D eigenvalue weighted by atomic mass is 79.9. The van der Waals surface area contributed by atoms with E-state index in [1.807, 2.05) is 0 Å². The van der Waals surface area contributed by atoms with Crippen molar-refractivity contribution in [3.63, 3.8) is 0 Å². The minimum absolute atomic E-state index is 0.112. The van der Waals surface area contributed by atoms with Crippen LogP contribution in [0.25, 0.3) is 0 Å². The number of carbonyl (C=O) groups is 1. The van der Waals surface area contributed by atoms with E-state index in [9.17, 15) is 9.18 Å². The molecule has 2 atom stereocenters. The van der Waals surface area contributed by atoms with Crippen molar-refractivity contribution in [2.24, 2.45) is 5.92 Å². The molecule has 0 saturated heterocycles. The Bertz CT molecular complexity index is 511. The Morgan fingerprint density at radius 1 is 1.60 bits per heavy atom. The van der Waals surface area contributed by atoms with Crippen LogP contribution < -0.4 is 5.32 Å². The third-order valence-corrected chi connectivity index (χ3v) is 5.38. The number of benzene rings is 1. The number of hydrogen-bond acceptors (Lipinski definition) is 1. The molecule has 0 radical (unpaired) electrons. The van der Waals surface area contributed by atoms with E-state index in [-0.39, 0.29) is 22.0 Å². The summed E-state index contributed by atoms with van der Waals surface area (Å²) in [6.45, 7) is 2.19. The second-order valence-electron chi connectivity index (χ2n) is 5.67. The fraction of sp³-hybridized carbons (Fsp3) is 0.533. The first kappa shape index (κ1) is 15.8. The van der Waals surface area contributed by atoms with Crippen LogP contribution in [0.4, 0.5) is 4.39 Å². The maximum absolute atomic E-state index is 13.4. The average molecular weight is 363 g/mol. The number of amides is 1. The largest absolute Gasteiger partial charge is 0.346 e. The van der Waals surface area contributed by atoms with Gasteiger partial charge >= 0.3 is 0 Å². The predicted octanol–water partition coefficient (Wildman–Crippen LogP) is 4.55. The van der Waals surface area contributed by atoms with Gasteiger partial charge in [-0.05, 0) is 30.9 Å². The Hall–Kier alpha value is -0.610. The van der Waals surface area contributed by atoms with Gasteiger partial charge in [0.05, 0.1) is 16.1 Å². The summed E-state index contributed by atoms with van der Waals surface area (Å²) in [5.41, 5.74) is -0.0603. The lowest BCUT2D eigenvalue weighted by atomic mass is 9.77. The van der Waals surface area contributed by atoms with Crippen molar-refractivity contribution in [1.82, 2.24) is 5.32 Å². The molecule has 0 heterocycles. The SMILES string of the molecule is CC1CCCC(CBr)(NC(=O)c2cccc(F)c2Cl)C1. The molecule has 20 heavy (non-hydrogen) atoms. The number of hydrogen-bond donors (Lipinski definition) is 1. The minimum atomic E-state index is -0.566. The van der Waals surface area contributed by atoms with E-state index in [0.29, 0.717) is 11.2 Å². The molecule has 1 saturated carbocycles. The fourth-order valence-electron chi connectivity index (χ4n) is 2.92. The Kier molecular flexibility index (Phi) is 5.08. The molecular weight excluding hydrogens is 345 g/mol. The van der Waals surface area contributed by atoms with E-state index >= 15 is 0 Å². The molecule has 1 amide bonds. The maximum Gasteiger partial charge on any atom is 0.253 e. The number of rotatable bonds is 3. The molecule has 2 rings (SSSR count). The van der Waals surface area contributed by atoms with Crippen LogP contribution in [0.1, 0.15) is 43.0 Å². The molecule has 1 aromatic carbocycles. The molecule has 1 aromatic rings. The number of halogens is 3. The van der Waals surface area contributed by atoms with Crippen LogP contribution in [0.15, 0.2) is 18.2 Å². The van der Waals surface area contributed by atoms with Gasteiger partial charge in [-0.2, -0.15) is 0 Å². The molecule has 1 aliphatic carbocycles. The molecule has 1 aliphatic rings. The lowest BCUT2D eigenvalue weighted by Gasteiger charge is -2.39. The summed E-state index contributed by atoms with van der Waals surface area (Å²) in [6.07, 6.45) is 4.13. The lowest BCUT2D eigenvalue weighted by Crippen LogP contribution is -2.52. The van der Waals surface area contributed by atoms with Crippen LogP contribution >= 0.6 is 27.5 Å². The second kappa shape index (κ2) is 6.44. The van der Waals surface area contributed by atoms with Crippen molar-refractivity contribution in [1.29, 1.82) is 0 Å². The molecular formula is C15H18BrClFNO. The second-order valence-corrected chi connectivity index (χ2v) is 6.61. The topological polar surface area (TPSA) is 29.1 Å². The molecule has 2 nitrogen and oxygen atoms in total. The number of alkyl halides is 1. The monoisotopic (exact) mass is 361 g/mol. The summed E-state index contributed by atoms with van der Waals surface area (Å²) in [5, 5.41) is 3.64. The first-order valence-electron chi connectivity index (χ1n) is 6.80. The van der Waals surface area contributed by atoms with E-state index in [1.54, 1.807) is 6.07 Å². The lowest BCUT2D eigenvalue weighted by molar-refractivity contribution is 0.0869. The normalized spacial score (nSPS) is 26.3. The van der Waals surface area contributed by atoms with Crippen LogP contribution in [-0.4, -0.2) is 16.8 Å². The van der Waals surface area contributed by atoms with Crippen molar-refractivity contribution < 1.29 is 9.18 Å². The van der Waals surface area contributed by atoms with Crippen LogP contribution in [0.5, 0.6) is 0 Å². The van der Waals surface area contributed by atoms with Crippen LogP contribution in [0.3, 0.4) is 0 Å². The maximum atomic E-state index is 13.4. The van der Waals surface area contributed by atoms with Gasteiger partial charge in [-0.3, -0.25) is 4.79 Å². The standard InChI is InChI=1S/C15H18BrClFNO/c1-10-4-3-7-15(8-10,9-16)19-14(20)11-5-2-6-12(18)13(11)17/h2,5-6,10H,3-4,7-9H2,1H3,(H,19,20). The first-order valence-corrected chi connectivity index (χ1v) is 8.30. The van der Waals surface area contributed by atoms with Gasteiger partial charge in [0, 0.05) is 5.33 Å². The quantitative estimate of drug-likeness (QED) is 0.785. The fourth-order valence-corrected chi connectivity index (χ4v) is 3.78. The van der Waals surface area contributed by atoms with Crippen LogP contribution in [0.2, 0.25) is 5.02 Å². The van der Waals surface area contributed by atoms with Gasteiger partial charge < -0.3 is 5.32 Å². The van der Waals surface area contributed by atoms with Gasteiger partial charge in [-0.25, -0.2) is 4.39 Å². The Labute approximate surface area is 132 Å². The smallest absolute Gasteiger partial charge is 0.253 e. The van der Waals surface area contributed by atoms with Gasteiger partial charge in [-0.1, -0.05) is 53.4 Å². The third-order valence-electron chi connectivity index (χ3n) is 3.92. The van der Waals surface area contributed by atoms with Crippen molar-refractivity contribution in [2.75, 3.05) is 5.33 Å². The van der Waals surface area contributed by atoms with Gasteiger partial charge in [0.25, 0.3) is 5.91 Å². The first-order chi connectivity index (χ1) is 9.47. The zero-order chi connectivity index (χ0) is 14.8. The molecule has 1 N–H and O–H groups in total. The van der Waals surface area contributed by atoms with Crippen LogP contribution in [-0.2, 0) is 0 Å². The highest BCUT2D eigenvalue weighted by Crippen LogP contribution is 2.34. The highest BCUT2D eigenvalue weighted by Gasteiger charge is 2.36. The number of nitrogens with one attached hydrogen (secondary N) is 1. The van der Waals surface area contributed by atoms with Crippen LogP contribution in [0, 0.1) is 11.7 Å². The van der Waals surface area contributed by atoms with Crippen molar-refractivity contribution in [2.45, 2.75) is 38.1 Å². The summed E-state index contributed by atoms with van der Waals surface area (Å²) in [5.74, 6) is -0.295. The molecule has 0 aliphatic heterocycles. The molecule has 0 aromatic heterocycles. The summed E-state index contributed by atoms with van der Waals surface area (Å²) in [6, 6.07) is 4.30. The summed E-state index contributed by atoms with van der Waals surface area (Å²) < 4.78 is 13.4. The molecule has 5 heteroatoms.